The average molecular weight is 401 g/mol. The molecular formula is C21H23NO7. The van der Waals surface area contributed by atoms with E-state index in [0.717, 1.165) is 5.56 Å². The molecule has 0 aromatic heterocycles. The fourth-order valence-electron chi connectivity index (χ4n) is 2.54. The van der Waals surface area contributed by atoms with E-state index in [4.69, 9.17) is 9.47 Å². The van der Waals surface area contributed by atoms with E-state index in [2.05, 4.69) is 10.1 Å². The highest BCUT2D eigenvalue weighted by atomic mass is 16.5. The van der Waals surface area contributed by atoms with Crippen LogP contribution in [0.5, 0.6) is 5.75 Å². The van der Waals surface area contributed by atoms with Gasteiger partial charge in [-0.25, -0.2) is 14.4 Å². The summed E-state index contributed by atoms with van der Waals surface area (Å²) in [7, 11) is 1.18. The molecule has 8 nitrogen and oxygen atoms in total. The van der Waals surface area contributed by atoms with Gasteiger partial charge in [-0.15, -0.1) is 0 Å². The van der Waals surface area contributed by atoms with Gasteiger partial charge in [-0.3, -0.25) is 0 Å². The third kappa shape index (κ3) is 6.53. The van der Waals surface area contributed by atoms with E-state index < -0.39 is 24.1 Å². The number of esters is 2. The van der Waals surface area contributed by atoms with Crippen LogP contribution in [0, 0.1) is 0 Å². The van der Waals surface area contributed by atoms with Crippen LogP contribution in [0.1, 0.15) is 28.4 Å². The second kappa shape index (κ2) is 10.7. The van der Waals surface area contributed by atoms with E-state index in [1.54, 1.807) is 6.92 Å². The molecule has 2 aromatic carbocycles. The summed E-state index contributed by atoms with van der Waals surface area (Å²) in [4.78, 5) is 36.1. The van der Waals surface area contributed by atoms with Gasteiger partial charge in [0.1, 0.15) is 24.0 Å². The summed E-state index contributed by atoms with van der Waals surface area (Å²) in [5.41, 5.74) is 1.29. The third-order valence-electron chi connectivity index (χ3n) is 3.98. The number of ether oxygens (including phenoxy) is 3. The third-order valence-corrected chi connectivity index (χ3v) is 3.98. The minimum Gasteiger partial charge on any atom is -0.507 e. The van der Waals surface area contributed by atoms with Crippen molar-refractivity contribution in [2.45, 2.75) is 26.0 Å². The average Bonchev–Trinajstić information content (AvgIpc) is 2.73. The molecule has 0 fully saturated rings. The Morgan fingerprint density at radius 2 is 1.76 bits per heavy atom. The van der Waals surface area contributed by atoms with Gasteiger partial charge in [-0.05, 0) is 30.2 Å². The molecule has 0 bridgehead atoms. The number of benzene rings is 2. The summed E-state index contributed by atoms with van der Waals surface area (Å²) in [5.74, 6) is -1.59. The first-order valence-corrected chi connectivity index (χ1v) is 8.98. The maximum Gasteiger partial charge on any atom is 0.407 e. The number of hydrogen-bond acceptors (Lipinski definition) is 7. The van der Waals surface area contributed by atoms with E-state index in [0.29, 0.717) is 5.56 Å². The Bertz CT molecular complexity index is 851. The van der Waals surface area contributed by atoms with Gasteiger partial charge in [0.2, 0.25) is 0 Å². The number of hydrogen-bond donors (Lipinski definition) is 2. The van der Waals surface area contributed by atoms with Gasteiger partial charge in [0.05, 0.1) is 13.7 Å². The lowest BCUT2D eigenvalue weighted by molar-refractivity contribution is -0.147. The predicted octanol–water partition coefficient (Wildman–Crippen LogP) is 2.58. The van der Waals surface area contributed by atoms with Gasteiger partial charge in [0, 0.05) is 6.42 Å². The van der Waals surface area contributed by atoms with Gasteiger partial charge in [0.25, 0.3) is 0 Å². The molecule has 2 N–H and O–H groups in total. The predicted molar refractivity (Wildman–Crippen MR) is 103 cm³/mol. The highest BCUT2D eigenvalue weighted by molar-refractivity contribution is 5.92. The molecule has 0 aliphatic heterocycles. The van der Waals surface area contributed by atoms with Gasteiger partial charge in [-0.1, -0.05) is 36.4 Å². The van der Waals surface area contributed by atoms with Crippen molar-refractivity contribution in [1.82, 2.24) is 5.32 Å². The van der Waals surface area contributed by atoms with E-state index >= 15 is 0 Å². The molecule has 2 rings (SSSR count). The molecule has 0 saturated carbocycles. The van der Waals surface area contributed by atoms with Crippen molar-refractivity contribution in [2.75, 3.05) is 13.7 Å². The van der Waals surface area contributed by atoms with Gasteiger partial charge >= 0.3 is 18.0 Å². The highest BCUT2D eigenvalue weighted by Crippen LogP contribution is 2.21. The Morgan fingerprint density at radius 1 is 1.03 bits per heavy atom. The first kappa shape index (κ1) is 21.7. The van der Waals surface area contributed by atoms with Crippen molar-refractivity contribution in [2.24, 2.45) is 0 Å². The second-order valence-electron chi connectivity index (χ2n) is 6.06. The molecule has 1 atom stereocenters. The lowest BCUT2D eigenvalue weighted by Crippen LogP contribution is -2.43. The van der Waals surface area contributed by atoms with Gasteiger partial charge in [0.15, 0.2) is 0 Å². The second-order valence-corrected chi connectivity index (χ2v) is 6.06. The SMILES string of the molecule is CCOC(=O)c1cc(CC(NC(=O)OC)C(=O)OCc2ccccc2)ccc1O. The fraction of sp³-hybridized carbons (Fsp3) is 0.286. The van der Waals surface area contributed by atoms with Crippen LogP contribution in [-0.4, -0.2) is 42.9 Å². The normalized spacial score (nSPS) is 11.2. The number of rotatable bonds is 8. The Balaban J connectivity index is 2.15. The largest absolute Gasteiger partial charge is 0.507 e. The number of carbonyl (C=O) groups is 3. The van der Waals surface area contributed by atoms with Crippen LogP contribution in [-0.2, 0) is 32.0 Å². The summed E-state index contributed by atoms with van der Waals surface area (Å²) in [6.45, 7) is 1.85. The Hall–Kier alpha value is -3.55. The lowest BCUT2D eigenvalue weighted by Gasteiger charge is -2.17. The molecule has 8 heteroatoms. The Labute approximate surface area is 168 Å². The molecule has 29 heavy (non-hydrogen) atoms. The molecule has 2 aromatic rings. The number of phenolic OH excluding ortho intramolecular Hbond substituents is 1. The number of carbonyl (C=O) groups excluding carboxylic acids is 3. The fourth-order valence-corrected chi connectivity index (χ4v) is 2.54. The molecular weight excluding hydrogens is 378 g/mol. The number of aromatic hydroxyl groups is 1. The zero-order valence-electron chi connectivity index (χ0n) is 16.2. The van der Waals surface area contributed by atoms with E-state index in [-0.39, 0.29) is 30.9 Å². The van der Waals surface area contributed by atoms with E-state index in [9.17, 15) is 19.5 Å². The maximum atomic E-state index is 12.5. The molecule has 0 spiro atoms. The quantitative estimate of drug-likeness (QED) is 0.516. The van der Waals surface area contributed by atoms with Crippen LogP contribution in [0.3, 0.4) is 0 Å². The van der Waals surface area contributed by atoms with Crippen molar-refractivity contribution in [3.63, 3.8) is 0 Å². The number of alkyl carbamates (subject to hydrolysis) is 1. The molecule has 0 heterocycles. The van der Waals surface area contributed by atoms with Crippen LogP contribution in [0.25, 0.3) is 0 Å². The summed E-state index contributed by atoms with van der Waals surface area (Å²) >= 11 is 0. The number of amides is 1. The van der Waals surface area contributed by atoms with Crippen molar-refractivity contribution < 1.29 is 33.7 Å². The zero-order chi connectivity index (χ0) is 21.2. The molecule has 0 aliphatic rings. The Morgan fingerprint density at radius 3 is 2.41 bits per heavy atom. The summed E-state index contributed by atoms with van der Waals surface area (Å²) in [6, 6.07) is 12.3. The van der Waals surface area contributed by atoms with Crippen LogP contribution in [0.4, 0.5) is 4.79 Å². The van der Waals surface area contributed by atoms with Gasteiger partial charge in [-0.2, -0.15) is 0 Å². The minimum atomic E-state index is -1.05. The standard InChI is InChI=1S/C21H23NO7/c1-3-28-19(24)16-11-15(9-10-18(16)23)12-17(22-21(26)27-2)20(25)29-13-14-7-5-4-6-8-14/h4-11,17,23H,3,12-13H2,1-2H3,(H,22,26). The molecule has 0 radical (unpaired) electrons. The lowest BCUT2D eigenvalue weighted by atomic mass is 10.0. The number of phenols is 1. The van der Waals surface area contributed by atoms with Crippen molar-refractivity contribution in [1.29, 1.82) is 0 Å². The van der Waals surface area contributed by atoms with Crippen molar-refractivity contribution >= 4 is 18.0 Å². The summed E-state index contributed by atoms with van der Waals surface area (Å²) in [6.07, 6.45) is -0.772. The summed E-state index contributed by atoms with van der Waals surface area (Å²) < 4.78 is 14.8. The molecule has 1 amide bonds. The molecule has 154 valence electrons. The first-order chi connectivity index (χ1) is 13.9. The van der Waals surface area contributed by atoms with Crippen LogP contribution in [0.15, 0.2) is 48.5 Å². The number of methoxy groups -OCH3 is 1. The zero-order valence-corrected chi connectivity index (χ0v) is 16.2. The van der Waals surface area contributed by atoms with E-state index in [1.807, 2.05) is 30.3 Å². The number of nitrogens with one attached hydrogen (secondary N) is 1. The van der Waals surface area contributed by atoms with Crippen LogP contribution >= 0.6 is 0 Å². The maximum absolute atomic E-state index is 12.5. The van der Waals surface area contributed by atoms with E-state index in [1.165, 1.54) is 25.3 Å². The Kier molecular flexibility index (Phi) is 8.02. The van der Waals surface area contributed by atoms with Crippen LogP contribution in [0.2, 0.25) is 0 Å². The molecule has 0 aliphatic carbocycles. The van der Waals surface area contributed by atoms with Crippen molar-refractivity contribution in [3.05, 3.63) is 65.2 Å². The van der Waals surface area contributed by atoms with Crippen LogP contribution < -0.4 is 5.32 Å². The summed E-state index contributed by atoms with van der Waals surface area (Å²) in [5, 5.41) is 12.3. The molecule has 1 unspecified atom stereocenters. The van der Waals surface area contributed by atoms with Gasteiger partial charge < -0.3 is 24.6 Å². The monoisotopic (exact) mass is 401 g/mol. The minimum absolute atomic E-state index is 0.0232. The van der Waals surface area contributed by atoms with Crippen molar-refractivity contribution in [3.8, 4) is 5.75 Å². The topological polar surface area (TPSA) is 111 Å². The highest BCUT2D eigenvalue weighted by Gasteiger charge is 2.24. The first-order valence-electron chi connectivity index (χ1n) is 8.98. The molecule has 0 saturated heterocycles. The smallest absolute Gasteiger partial charge is 0.407 e.